The maximum Gasteiger partial charge on any atom is 0.377 e. The van der Waals surface area contributed by atoms with Crippen LogP contribution in [0.2, 0.25) is 0 Å². The average molecular weight is 348 g/mol. The first-order chi connectivity index (χ1) is 11.3. The second-order valence-corrected chi connectivity index (χ2v) is 5.57. The average Bonchev–Trinajstić information content (AvgIpc) is 2.81. The lowest BCUT2D eigenvalue weighted by Crippen LogP contribution is -2.31. The van der Waals surface area contributed by atoms with Gasteiger partial charge in [-0.1, -0.05) is 45.4 Å². The molecule has 0 unspecified atom stereocenters. The molecule has 0 aromatic carbocycles. The number of cyclic esters (lactones) is 1. The number of carbonyl (C=O) groups excluding carboxylic acids is 1. The summed E-state index contributed by atoms with van der Waals surface area (Å²) in [5, 5.41) is 43.4. The maximum atomic E-state index is 10.5. The van der Waals surface area contributed by atoms with E-state index in [0.717, 1.165) is 12.8 Å². The van der Waals surface area contributed by atoms with Gasteiger partial charge in [-0.25, -0.2) is 4.79 Å². The van der Waals surface area contributed by atoms with Crippen molar-refractivity contribution in [3.8, 4) is 0 Å². The van der Waals surface area contributed by atoms with E-state index in [0.29, 0.717) is 6.42 Å². The van der Waals surface area contributed by atoms with E-state index in [1.807, 2.05) is 0 Å². The maximum absolute atomic E-state index is 10.5. The van der Waals surface area contributed by atoms with Gasteiger partial charge in [-0.05, 0) is 6.42 Å². The van der Waals surface area contributed by atoms with Crippen LogP contribution in [0.3, 0.4) is 0 Å². The molecule has 140 valence electrons. The Kier molecular flexibility index (Phi) is 11.7. The molecule has 0 saturated carbocycles. The number of hydrogen-bond acceptors (Lipinski definition) is 7. The van der Waals surface area contributed by atoms with Gasteiger partial charge in [-0.15, -0.1) is 0 Å². The van der Waals surface area contributed by atoms with Gasteiger partial charge in [0, 0.05) is 6.42 Å². The van der Waals surface area contributed by atoms with Crippen molar-refractivity contribution in [3.05, 3.63) is 11.5 Å². The van der Waals surface area contributed by atoms with Crippen molar-refractivity contribution >= 4 is 11.9 Å². The van der Waals surface area contributed by atoms with Crippen molar-refractivity contribution in [2.45, 2.75) is 70.5 Å². The fourth-order valence-corrected chi connectivity index (χ4v) is 2.06. The molecule has 2 atom stereocenters. The van der Waals surface area contributed by atoms with E-state index >= 15 is 0 Å². The first kappa shape index (κ1) is 22.2. The highest BCUT2D eigenvalue weighted by molar-refractivity contribution is 5.89. The summed E-state index contributed by atoms with van der Waals surface area (Å²) < 4.78 is 4.32. The summed E-state index contributed by atoms with van der Waals surface area (Å²) in [6, 6.07) is 0. The number of carbonyl (C=O) groups is 2. The molecule has 0 saturated heterocycles. The van der Waals surface area contributed by atoms with Crippen LogP contribution >= 0.6 is 0 Å². The number of aliphatic hydroxyl groups excluding tert-OH is 4. The van der Waals surface area contributed by atoms with Gasteiger partial charge in [0.05, 0.1) is 6.61 Å². The predicted octanol–water partition coefficient (Wildman–Crippen LogP) is 1.80. The van der Waals surface area contributed by atoms with Crippen molar-refractivity contribution in [2.75, 3.05) is 6.61 Å². The van der Waals surface area contributed by atoms with Crippen LogP contribution in [-0.4, -0.2) is 56.3 Å². The SMILES string of the molecule is CCCCCCCCCC(=O)O.O=C1O[C@H]([C@@H](O)CO)C(O)=C1O. The van der Waals surface area contributed by atoms with Crippen LogP contribution in [0.4, 0.5) is 0 Å². The third kappa shape index (κ3) is 8.73. The highest BCUT2D eigenvalue weighted by atomic mass is 16.6. The molecule has 8 nitrogen and oxygen atoms in total. The normalized spacial score (nSPS) is 18.0. The zero-order chi connectivity index (χ0) is 18.5. The standard InChI is InChI=1S/C10H20O2.C6H8O6/c1-2-3-4-5-6-7-8-9-10(11)12;7-1-2(8)5-3(9)4(10)6(11)12-5/h2-9H2,1H3,(H,11,12);2,5,7-10H,1H2/t;2-,5+/m.0/s1. The van der Waals surface area contributed by atoms with Crippen LogP contribution < -0.4 is 0 Å². The molecule has 0 aromatic heterocycles. The highest BCUT2D eigenvalue weighted by Gasteiger charge is 2.38. The monoisotopic (exact) mass is 348 g/mol. The summed E-state index contributed by atoms with van der Waals surface area (Å²) in [5.41, 5.74) is 0. The fourth-order valence-electron chi connectivity index (χ4n) is 2.06. The van der Waals surface area contributed by atoms with E-state index in [2.05, 4.69) is 11.7 Å². The second kappa shape index (κ2) is 12.6. The van der Waals surface area contributed by atoms with Crippen LogP contribution in [0, 0.1) is 0 Å². The summed E-state index contributed by atoms with van der Waals surface area (Å²) in [7, 11) is 0. The van der Waals surface area contributed by atoms with Gasteiger partial charge >= 0.3 is 11.9 Å². The number of hydrogen-bond donors (Lipinski definition) is 5. The Balaban J connectivity index is 0.000000441. The van der Waals surface area contributed by atoms with Crippen LogP contribution in [-0.2, 0) is 14.3 Å². The van der Waals surface area contributed by atoms with Crippen molar-refractivity contribution in [1.29, 1.82) is 0 Å². The fraction of sp³-hybridized carbons (Fsp3) is 0.750. The van der Waals surface area contributed by atoms with Gasteiger partial charge in [0.25, 0.3) is 0 Å². The number of rotatable bonds is 10. The Bertz CT molecular complexity index is 418. The number of ether oxygens (including phenoxy) is 1. The minimum Gasteiger partial charge on any atom is -0.505 e. The lowest BCUT2D eigenvalue weighted by Gasteiger charge is -2.13. The molecule has 8 heteroatoms. The number of aliphatic carboxylic acids is 1. The van der Waals surface area contributed by atoms with Crippen LogP contribution in [0.25, 0.3) is 0 Å². The number of unbranched alkanes of at least 4 members (excludes halogenated alkanes) is 6. The summed E-state index contributed by atoms with van der Waals surface area (Å²) in [4.78, 5) is 20.7. The van der Waals surface area contributed by atoms with Crippen LogP contribution in [0.1, 0.15) is 58.3 Å². The predicted molar refractivity (Wildman–Crippen MR) is 85.5 cm³/mol. The van der Waals surface area contributed by atoms with Crippen molar-refractivity contribution in [2.24, 2.45) is 0 Å². The first-order valence-electron chi connectivity index (χ1n) is 8.18. The Hall–Kier alpha value is -1.80. The van der Waals surface area contributed by atoms with Gasteiger partial charge in [0.15, 0.2) is 11.9 Å². The molecule has 1 aliphatic rings. The molecule has 5 N–H and O–H groups in total. The molecule has 0 bridgehead atoms. The van der Waals surface area contributed by atoms with Gasteiger partial charge in [-0.3, -0.25) is 4.79 Å². The summed E-state index contributed by atoms with van der Waals surface area (Å²) in [6.07, 6.45) is 5.87. The van der Waals surface area contributed by atoms with Gasteiger partial charge in [0.2, 0.25) is 5.76 Å². The third-order valence-electron chi connectivity index (χ3n) is 3.47. The molecule has 0 fully saturated rings. The van der Waals surface area contributed by atoms with E-state index in [1.165, 1.54) is 32.1 Å². The summed E-state index contributed by atoms with van der Waals surface area (Å²) in [6.45, 7) is 1.53. The quantitative estimate of drug-likeness (QED) is 0.297. The third-order valence-corrected chi connectivity index (χ3v) is 3.47. The Morgan fingerprint density at radius 2 is 1.67 bits per heavy atom. The van der Waals surface area contributed by atoms with E-state index in [9.17, 15) is 9.59 Å². The van der Waals surface area contributed by atoms with Gasteiger partial charge in [0.1, 0.15) is 6.10 Å². The van der Waals surface area contributed by atoms with Gasteiger partial charge < -0.3 is 30.3 Å². The first-order valence-corrected chi connectivity index (χ1v) is 8.18. The number of carboxylic acid groups (broad SMARTS) is 1. The molecule has 0 radical (unpaired) electrons. The molecule has 0 aromatic rings. The molecule has 1 aliphatic heterocycles. The Labute approximate surface area is 141 Å². The van der Waals surface area contributed by atoms with Crippen LogP contribution in [0.15, 0.2) is 11.5 Å². The van der Waals surface area contributed by atoms with E-state index in [4.69, 9.17) is 25.5 Å². The molecule has 0 aliphatic carbocycles. The molecule has 1 rings (SSSR count). The number of esters is 1. The van der Waals surface area contributed by atoms with E-state index in [1.54, 1.807) is 0 Å². The zero-order valence-electron chi connectivity index (χ0n) is 14.0. The van der Waals surface area contributed by atoms with E-state index in [-0.39, 0.29) is 0 Å². The Morgan fingerprint density at radius 1 is 1.12 bits per heavy atom. The number of carboxylic acids is 1. The smallest absolute Gasteiger partial charge is 0.377 e. The molecule has 24 heavy (non-hydrogen) atoms. The number of aliphatic hydroxyl groups is 4. The van der Waals surface area contributed by atoms with E-state index < -0.39 is 42.3 Å². The highest BCUT2D eigenvalue weighted by Crippen LogP contribution is 2.20. The minimum absolute atomic E-state index is 0.341. The van der Waals surface area contributed by atoms with Crippen molar-refractivity contribution in [3.63, 3.8) is 0 Å². The largest absolute Gasteiger partial charge is 0.505 e. The lowest BCUT2D eigenvalue weighted by atomic mass is 10.1. The van der Waals surface area contributed by atoms with Crippen molar-refractivity contribution < 1.29 is 39.9 Å². The van der Waals surface area contributed by atoms with Gasteiger partial charge in [-0.2, -0.15) is 0 Å². The molecular formula is C16H28O8. The lowest BCUT2D eigenvalue weighted by molar-refractivity contribution is -0.147. The zero-order valence-corrected chi connectivity index (χ0v) is 14.0. The summed E-state index contributed by atoms with van der Waals surface area (Å²) >= 11 is 0. The van der Waals surface area contributed by atoms with Crippen LogP contribution in [0.5, 0.6) is 0 Å². The van der Waals surface area contributed by atoms with Crippen molar-refractivity contribution in [1.82, 2.24) is 0 Å². The minimum atomic E-state index is -1.42. The topological polar surface area (TPSA) is 145 Å². The second-order valence-electron chi connectivity index (χ2n) is 5.57. The molecule has 0 amide bonds. The molecule has 0 spiro atoms. The summed E-state index contributed by atoms with van der Waals surface area (Å²) in [5.74, 6) is -3.44. The Morgan fingerprint density at radius 3 is 2.08 bits per heavy atom. The molecule has 1 heterocycles. The molecular weight excluding hydrogens is 320 g/mol.